The second-order valence-corrected chi connectivity index (χ2v) is 5.53. The van der Waals surface area contributed by atoms with Crippen molar-refractivity contribution in [3.63, 3.8) is 0 Å². The van der Waals surface area contributed by atoms with Crippen LogP contribution < -0.4 is 9.47 Å². The van der Waals surface area contributed by atoms with Gasteiger partial charge in [-0.3, -0.25) is 4.79 Å². The molecule has 2 aromatic carbocycles. The van der Waals surface area contributed by atoms with Crippen LogP contribution in [0.3, 0.4) is 0 Å². The van der Waals surface area contributed by atoms with E-state index >= 15 is 0 Å². The molecule has 4 nitrogen and oxygen atoms in total. The fraction of sp³-hybridized carbons (Fsp3) is 0.316. The van der Waals surface area contributed by atoms with Crippen LogP contribution >= 0.6 is 0 Å². The van der Waals surface area contributed by atoms with Crippen molar-refractivity contribution in [1.29, 1.82) is 0 Å². The summed E-state index contributed by atoms with van der Waals surface area (Å²) < 4.78 is 24.1. The fourth-order valence-corrected chi connectivity index (χ4v) is 2.47. The molecule has 0 bridgehead atoms. The highest BCUT2D eigenvalue weighted by Crippen LogP contribution is 2.28. The number of benzene rings is 2. The van der Waals surface area contributed by atoms with Crippen LogP contribution in [0.5, 0.6) is 11.5 Å². The van der Waals surface area contributed by atoms with Crippen molar-refractivity contribution in [3.8, 4) is 11.5 Å². The van der Waals surface area contributed by atoms with Crippen LogP contribution in [0.1, 0.15) is 17.5 Å². The monoisotopic (exact) mass is 331 g/mol. The summed E-state index contributed by atoms with van der Waals surface area (Å²) in [5.41, 5.74) is 1.50. The summed E-state index contributed by atoms with van der Waals surface area (Å²) in [5.74, 6) is 0.970. The van der Waals surface area contributed by atoms with Crippen LogP contribution in [0, 0.1) is 5.82 Å². The first-order valence-electron chi connectivity index (χ1n) is 7.73. The maximum Gasteiger partial charge on any atom is 0.222 e. The standard InChI is InChI=1S/C19H22FNO3/c1-21(13-14-8-10-17(23-2)18(12-14)24-3)19(22)11-9-15-6-4-5-7-16(15)20/h4-8,10,12H,9,11,13H2,1-3H3. The third kappa shape index (κ3) is 4.47. The number of ether oxygens (including phenoxy) is 2. The molecular weight excluding hydrogens is 309 g/mol. The highest BCUT2D eigenvalue weighted by atomic mass is 19.1. The van der Waals surface area contributed by atoms with E-state index in [9.17, 15) is 9.18 Å². The number of rotatable bonds is 7. The summed E-state index contributed by atoms with van der Waals surface area (Å²) in [5, 5.41) is 0. The molecule has 0 fully saturated rings. The number of carbonyl (C=O) groups excluding carboxylic acids is 1. The third-order valence-electron chi connectivity index (χ3n) is 3.86. The molecular formula is C19H22FNO3. The summed E-state index contributed by atoms with van der Waals surface area (Å²) in [6.45, 7) is 0.455. The van der Waals surface area contributed by atoms with Crippen molar-refractivity contribution in [2.24, 2.45) is 0 Å². The molecule has 0 heterocycles. The molecule has 0 spiro atoms. The average Bonchev–Trinajstić information content (AvgIpc) is 2.60. The van der Waals surface area contributed by atoms with Crippen LogP contribution in [0.15, 0.2) is 42.5 Å². The molecule has 0 saturated carbocycles. The van der Waals surface area contributed by atoms with E-state index in [1.54, 1.807) is 44.4 Å². The summed E-state index contributed by atoms with van der Waals surface area (Å²) in [7, 11) is 4.89. The van der Waals surface area contributed by atoms with Gasteiger partial charge in [-0.05, 0) is 35.7 Å². The molecule has 5 heteroatoms. The van der Waals surface area contributed by atoms with E-state index < -0.39 is 0 Å². The molecule has 0 unspecified atom stereocenters. The van der Waals surface area contributed by atoms with Crippen LogP contribution in [0.2, 0.25) is 0 Å². The maximum absolute atomic E-state index is 13.6. The van der Waals surface area contributed by atoms with Crippen LogP contribution in [0.4, 0.5) is 4.39 Å². The predicted molar refractivity (Wildman–Crippen MR) is 90.7 cm³/mol. The Hall–Kier alpha value is -2.56. The number of carbonyl (C=O) groups is 1. The first-order valence-corrected chi connectivity index (χ1v) is 7.73. The molecule has 0 atom stereocenters. The Morgan fingerprint density at radius 1 is 1.08 bits per heavy atom. The minimum atomic E-state index is -0.271. The van der Waals surface area contributed by atoms with Crippen molar-refractivity contribution in [3.05, 3.63) is 59.4 Å². The molecule has 1 amide bonds. The van der Waals surface area contributed by atoms with Crippen molar-refractivity contribution >= 4 is 5.91 Å². The largest absolute Gasteiger partial charge is 0.493 e. The van der Waals surface area contributed by atoms with Gasteiger partial charge in [0.15, 0.2) is 11.5 Å². The zero-order valence-corrected chi connectivity index (χ0v) is 14.2. The molecule has 0 aliphatic rings. The van der Waals surface area contributed by atoms with E-state index in [0.29, 0.717) is 30.0 Å². The van der Waals surface area contributed by atoms with Crippen molar-refractivity contribution in [1.82, 2.24) is 4.90 Å². The highest BCUT2D eigenvalue weighted by Gasteiger charge is 2.12. The van der Waals surface area contributed by atoms with Crippen LogP contribution in [0.25, 0.3) is 0 Å². The van der Waals surface area contributed by atoms with E-state index in [1.807, 2.05) is 18.2 Å². The van der Waals surface area contributed by atoms with Gasteiger partial charge in [-0.25, -0.2) is 4.39 Å². The zero-order valence-electron chi connectivity index (χ0n) is 14.2. The van der Waals surface area contributed by atoms with Crippen LogP contribution in [-0.2, 0) is 17.8 Å². The summed E-state index contributed by atoms with van der Waals surface area (Å²) >= 11 is 0. The Morgan fingerprint density at radius 3 is 2.46 bits per heavy atom. The number of aryl methyl sites for hydroxylation is 1. The Kier molecular flexibility index (Phi) is 6.18. The number of nitrogens with zero attached hydrogens (tertiary/aromatic N) is 1. The van der Waals surface area contributed by atoms with Gasteiger partial charge < -0.3 is 14.4 Å². The van der Waals surface area contributed by atoms with Crippen molar-refractivity contribution in [2.75, 3.05) is 21.3 Å². The van der Waals surface area contributed by atoms with Crippen LogP contribution in [-0.4, -0.2) is 32.1 Å². The van der Waals surface area contributed by atoms with Crippen molar-refractivity contribution < 1.29 is 18.7 Å². The average molecular weight is 331 g/mol. The minimum absolute atomic E-state index is 0.0342. The topological polar surface area (TPSA) is 38.8 Å². The van der Waals surface area contributed by atoms with Gasteiger partial charge in [0.1, 0.15) is 5.82 Å². The molecule has 128 valence electrons. The molecule has 2 rings (SSSR count). The molecule has 0 aliphatic carbocycles. The van der Waals surface area contributed by atoms with E-state index in [4.69, 9.17) is 9.47 Å². The lowest BCUT2D eigenvalue weighted by atomic mass is 10.1. The summed E-state index contributed by atoms with van der Waals surface area (Å²) in [4.78, 5) is 13.9. The molecule has 0 aromatic heterocycles. The zero-order chi connectivity index (χ0) is 17.5. The quantitative estimate of drug-likeness (QED) is 0.780. The summed E-state index contributed by atoms with van der Waals surface area (Å²) in [6.07, 6.45) is 0.659. The number of amides is 1. The molecule has 2 aromatic rings. The first kappa shape index (κ1) is 17.8. The number of hydrogen-bond acceptors (Lipinski definition) is 3. The van der Waals surface area contributed by atoms with Crippen molar-refractivity contribution in [2.45, 2.75) is 19.4 Å². The number of hydrogen-bond donors (Lipinski definition) is 0. The van der Waals surface area contributed by atoms with Gasteiger partial charge in [0.2, 0.25) is 5.91 Å². The molecule has 0 aliphatic heterocycles. The summed E-state index contributed by atoms with van der Waals surface area (Å²) in [6, 6.07) is 12.1. The fourth-order valence-electron chi connectivity index (χ4n) is 2.47. The third-order valence-corrected chi connectivity index (χ3v) is 3.86. The lowest BCUT2D eigenvalue weighted by molar-refractivity contribution is -0.130. The van der Waals surface area contributed by atoms with Gasteiger partial charge in [0, 0.05) is 20.0 Å². The lowest BCUT2D eigenvalue weighted by Gasteiger charge is -2.18. The van der Waals surface area contributed by atoms with Gasteiger partial charge in [0.05, 0.1) is 14.2 Å². The second kappa shape index (κ2) is 8.34. The van der Waals surface area contributed by atoms with Gasteiger partial charge in [0.25, 0.3) is 0 Å². The normalized spacial score (nSPS) is 10.3. The van der Waals surface area contributed by atoms with Gasteiger partial charge >= 0.3 is 0 Å². The molecule has 0 saturated heterocycles. The Labute approximate surface area is 141 Å². The Balaban J connectivity index is 1.95. The van der Waals surface area contributed by atoms with E-state index in [2.05, 4.69) is 0 Å². The van der Waals surface area contributed by atoms with Gasteiger partial charge in [-0.1, -0.05) is 24.3 Å². The molecule has 0 radical (unpaired) electrons. The van der Waals surface area contributed by atoms with Gasteiger partial charge in [-0.2, -0.15) is 0 Å². The first-order chi connectivity index (χ1) is 11.5. The number of methoxy groups -OCH3 is 2. The van der Waals surface area contributed by atoms with E-state index in [0.717, 1.165) is 5.56 Å². The minimum Gasteiger partial charge on any atom is -0.493 e. The van der Waals surface area contributed by atoms with Gasteiger partial charge in [-0.15, -0.1) is 0 Å². The SMILES string of the molecule is COc1ccc(CN(C)C(=O)CCc2ccccc2F)cc1OC. The lowest BCUT2D eigenvalue weighted by Crippen LogP contribution is -2.26. The van der Waals surface area contributed by atoms with E-state index in [1.165, 1.54) is 6.07 Å². The molecule has 24 heavy (non-hydrogen) atoms. The Morgan fingerprint density at radius 2 is 1.79 bits per heavy atom. The Bertz CT molecular complexity index is 703. The number of halogens is 1. The maximum atomic E-state index is 13.6. The molecule has 0 N–H and O–H groups in total. The second-order valence-electron chi connectivity index (χ2n) is 5.53. The smallest absolute Gasteiger partial charge is 0.222 e. The predicted octanol–water partition coefficient (Wildman–Crippen LogP) is 3.43. The highest BCUT2D eigenvalue weighted by molar-refractivity contribution is 5.76. The van der Waals surface area contributed by atoms with E-state index in [-0.39, 0.29) is 18.1 Å².